The molecule has 3 aliphatic rings. The molecule has 3 saturated heterocycles. The Balaban J connectivity index is 1.11. The molecule has 0 spiro atoms. The second-order valence-corrected chi connectivity index (χ2v) is 9.36. The number of benzene rings is 1. The predicted molar refractivity (Wildman–Crippen MR) is 120 cm³/mol. The molecule has 0 radical (unpaired) electrons. The summed E-state index contributed by atoms with van der Waals surface area (Å²) in [5.41, 5.74) is 1.41. The van der Waals surface area contributed by atoms with Crippen LogP contribution in [0.2, 0.25) is 0 Å². The van der Waals surface area contributed by atoms with E-state index in [0.717, 1.165) is 45.6 Å². The van der Waals surface area contributed by atoms with Crippen molar-refractivity contribution in [3.05, 3.63) is 42.2 Å². The van der Waals surface area contributed by atoms with E-state index in [2.05, 4.69) is 43.9 Å². The number of piperidine rings is 2. The van der Waals surface area contributed by atoms with E-state index in [1.807, 2.05) is 12.4 Å². The number of carbonyl (C=O) groups is 1. The van der Waals surface area contributed by atoms with Gasteiger partial charge in [-0.15, -0.1) is 0 Å². The summed E-state index contributed by atoms with van der Waals surface area (Å²) in [4.78, 5) is 24.3. The molecule has 0 saturated carbocycles. The van der Waals surface area contributed by atoms with Gasteiger partial charge in [-0.1, -0.05) is 18.2 Å². The first kappa shape index (κ1) is 20.0. The Kier molecular flexibility index (Phi) is 6.00. The molecule has 30 heavy (non-hydrogen) atoms. The van der Waals surface area contributed by atoms with Crippen LogP contribution in [0.25, 0.3) is 10.8 Å². The van der Waals surface area contributed by atoms with Gasteiger partial charge in [0.05, 0.1) is 0 Å². The maximum absolute atomic E-state index is 12.7. The van der Waals surface area contributed by atoms with Gasteiger partial charge in [0, 0.05) is 49.4 Å². The largest absolute Gasteiger partial charge is 0.342 e. The highest BCUT2D eigenvalue weighted by molar-refractivity contribution is 5.84. The average Bonchev–Trinajstić information content (AvgIpc) is 3.35. The Morgan fingerprint density at radius 3 is 2.47 bits per heavy atom. The highest BCUT2D eigenvalue weighted by atomic mass is 16.2. The van der Waals surface area contributed by atoms with Crippen LogP contribution in [-0.2, 0) is 11.3 Å². The highest BCUT2D eigenvalue weighted by Gasteiger charge is 2.33. The highest BCUT2D eigenvalue weighted by Crippen LogP contribution is 2.27. The van der Waals surface area contributed by atoms with Crippen LogP contribution in [0, 0.1) is 5.92 Å². The van der Waals surface area contributed by atoms with Gasteiger partial charge in [-0.3, -0.25) is 14.7 Å². The standard InChI is InChI=1S/C25H34N4O/c30-25(29-12-1-2-13-29)20-7-16-28(17-8-20)23-9-14-27(15-10-23)19-22-5-3-4-21-18-26-11-6-24(21)22/h3-6,11,18,20,23H,1-2,7-10,12-17,19H2. The quantitative estimate of drug-likeness (QED) is 0.779. The molecule has 4 heterocycles. The molecule has 0 bridgehead atoms. The molecule has 5 rings (SSSR count). The number of fused-ring (bicyclic) bond motifs is 1. The van der Waals surface area contributed by atoms with Crippen LogP contribution in [0.4, 0.5) is 0 Å². The topological polar surface area (TPSA) is 39.7 Å². The van der Waals surface area contributed by atoms with Crippen molar-refractivity contribution in [2.24, 2.45) is 5.92 Å². The molecule has 1 amide bonds. The van der Waals surface area contributed by atoms with Gasteiger partial charge in [-0.2, -0.15) is 0 Å². The van der Waals surface area contributed by atoms with Crippen LogP contribution in [-0.4, -0.2) is 70.9 Å². The van der Waals surface area contributed by atoms with Crippen molar-refractivity contribution in [3.8, 4) is 0 Å². The lowest BCUT2D eigenvalue weighted by molar-refractivity contribution is -0.136. The van der Waals surface area contributed by atoms with E-state index >= 15 is 0 Å². The second kappa shape index (κ2) is 9.03. The third kappa shape index (κ3) is 4.23. The van der Waals surface area contributed by atoms with Crippen molar-refractivity contribution in [1.29, 1.82) is 0 Å². The van der Waals surface area contributed by atoms with Gasteiger partial charge in [-0.25, -0.2) is 0 Å². The van der Waals surface area contributed by atoms with Crippen LogP contribution in [0.3, 0.4) is 0 Å². The molecule has 3 fully saturated rings. The first-order valence-electron chi connectivity index (χ1n) is 11.8. The van der Waals surface area contributed by atoms with E-state index < -0.39 is 0 Å². The number of hydrogen-bond acceptors (Lipinski definition) is 4. The predicted octanol–water partition coefficient (Wildman–Crippen LogP) is 3.53. The Bertz CT molecular complexity index is 857. The maximum Gasteiger partial charge on any atom is 0.225 e. The average molecular weight is 407 g/mol. The molecule has 2 aromatic rings. The zero-order valence-corrected chi connectivity index (χ0v) is 18.0. The number of aromatic nitrogens is 1. The van der Waals surface area contributed by atoms with Crippen LogP contribution >= 0.6 is 0 Å². The van der Waals surface area contributed by atoms with Gasteiger partial charge in [0.15, 0.2) is 0 Å². The Hall–Kier alpha value is -1.98. The summed E-state index contributed by atoms with van der Waals surface area (Å²) in [6, 6.07) is 9.40. The summed E-state index contributed by atoms with van der Waals surface area (Å²) in [6.45, 7) is 7.55. The van der Waals surface area contributed by atoms with Crippen LogP contribution in [0.1, 0.15) is 44.1 Å². The van der Waals surface area contributed by atoms with Crippen molar-refractivity contribution >= 4 is 16.7 Å². The minimum atomic E-state index is 0.278. The second-order valence-electron chi connectivity index (χ2n) is 9.36. The van der Waals surface area contributed by atoms with Gasteiger partial charge in [-0.05, 0) is 81.7 Å². The number of nitrogens with zero attached hydrogens (tertiary/aromatic N) is 4. The summed E-state index contributed by atoms with van der Waals surface area (Å²) in [6.07, 6.45) is 10.9. The number of hydrogen-bond donors (Lipinski definition) is 0. The fourth-order valence-corrected chi connectivity index (χ4v) is 5.72. The minimum Gasteiger partial charge on any atom is -0.342 e. The van der Waals surface area contributed by atoms with E-state index in [9.17, 15) is 4.79 Å². The summed E-state index contributed by atoms with van der Waals surface area (Å²) < 4.78 is 0. The summed E-state index contributed by atoms with van der Waals surface area (Å²) in [7, 11) is 0. The zero-order valence-electron chi connectivity index (χ0n) is 18.0. The van der Waals surface area contributed by atoms with Gasteiger partial charge in [0.2, 0.25) is 5.91 Å². The van der Waals surface area contributed by atoms with Crippen molar-refractivity contribution in [2.45, 2.75) is 51.1 Å². The smallest absolute Gasteiger partial charge is 0.225 e. The van der Waals surface area contributed by atoms with E-state index in [1.165, 1.54) is 55.1 Å². The van der Waals surface area contributed by atoms with E-state index in [-0.39, 0.29) is 5.92 Å². The number of rotatable bonds is 4. The molecule has 1 aromatic carbocycles. The van der Waals surface area contributed by atoms with E-state index in [1.54, 1.807) is 0 Å². The molecule has 0 unspecified atom stereocenters. The molecule has 0 atom stereocenters. The molecule has 5 heteroatoms. The molecular formula is C25H34N4O. The molecular weight excluding hydrogens is 372 g/mol. The Morgan fingerprint density at radius 1 is 0.933 bits per heavy atom. The molecule has 0 aliphatic carbocycles. The molecule has 1 aromatic heterocycles. The van der Waals surface area contributed by atoms with E-state index in [4.69, 9.17) is 0 Å². The summed E-state index contributed by atoms with van der Waals surface area (Å²) >= 11 is 0. The number of amides is 1. The van der Waals surface area contributed by atoms with Gasteiger partial charge in [0.1, 0.15) is 0 Å². The van der Waals surface area contributed by atoms with Gasteiger partial charge >= 0.3 is 0 Å². The maximum atomic E-state index is 12.7. The summed E-state index contributed by atoms with van der Waals surface area (Å²) in [5.74, 6) is 0.715. The first-order chi connectivity index (χ1) is 14.8. The fourth-order valence-electron chi connectivity index (χ4n) is 5.72. The first-order valence-corrected chi connectivity index (χ1v) is 11.8. The Morgan fingerprint density at radius 2 is 1.70 bits per heavy atom. The summed E-state index contributed by atoms with van der Waals surface area (Å²) in [5, 5.41) is 2.57. The number of likely N-dealkylation sites (tertiary alicyclic amines) is 3. The lowest BCUT2D eigenvalue weighted by Gasteiger charge is -2.42. The van der Waals surface area contributed by atoms with Gasteiger partial charge in [0.25, 0.3) is 0 Å². The van der Waals surface area contributed by atoms with Crippen LogP contribution < -0.4 is 0 Å². The van der Waals surface area contributed by atoms with Crippen LogP contribution in [0.15, 0.2) is 36.7 Å². The van der Waals surface area contributed by atoms with Crippen molar-refractivity contribution < 1.29 is 4.79 Å². The molecule has 3 aliphatic heterocycles. The van der Waals surface area contributed by atoms with Gasteiger partial charge < -0.3 is 9.80 Å². The van der Waals surface area contributed by atoms with Crippen LogP contribution in [0.5, 0.6) is 0 Å². The minimum absolute atomic E-state index is 0.278. The number of carbonyl (C=O) groups excluding carboxylic acids is 1. The Labute approximate surface area is 180 Å². The normalized spacial score (nSPS) is 22.7. The van der Waals surface area contributed by atoms with Crippen molar-refractivity contribution in [3.63, 3.8) is 0 Å². The van der Waals surface area contributed by atoms with Crippen molar-refractivity contribution in [1.82, 2.24) is 19.7 Å². The molecule has 160 valence electrons. The third-order valence-corrected chi connectivity index (χ3v) is 7.54. The molecule has 0 N–H and O–H groups in total. The zero-order chi connectivity index (χ0) is 20.3. The lowest BCUT2D eigenvalue weighted by atomic mass is 9.92. The van der Waals surface area contributed by atoms with E-state index in [0.29, 0.717) is 11.9 Å². The number of pyridine rings is 1. The lowest BCUT2D eigenvalue weighted by Crippen LogP contribution is -2.49. The monoisotopic (exact) mass is 406 g/mol. The van der Waals surface area contributed by atoms with Crippen molar-refractivity contribution in [2.75, 3.05) is 39.3 Å². The third-order valence-electron chi connectivity index (χ3n) is 7.54. The fraction of sp³-hybridized carbons (Fsp3) is 0.600. The molecule has 5 nitrogen and oxygen atoms in total. The SMILES string of the molecule is O=C(C1CCN(C2CCN(Cc3cccc4cnccc34)CC2)CC1)N1CCCC1.